The average molecular weight is 355 g/mol. The maximum atomic E-state index is 6.01. The molecule has 0 fully saturated rings. The predicted octanol–water partition coefficient (Wildman–Crippen LogP) is 6.86. The zero-order valence-corrected chi connectivity index (χ0v) is 16.9. The van der Waals surface area contributed by atoms with Gasteiger partial charge in [-0.3, -0.25) is 4.98 Å². The van der Waals surface area contributed by atoms with E-state index in [1.165, 1.54) is 44.1 Å². The number of hydrogen-bond acceptors (Lipinski definition) is 3. The van der Waals surface area contributed by atoms with Gasteiger partial charge in [-0.25, -0.2) is 4.98 Å². The topological polar surface area (TPSA) is 35.0 Å². The third kappa shape index (κ3) is 6.78. The van der Waals surface area contributed by atoms with Crippen molar-refractivity contribution in [3.63, 3.8) is 0 Å². The first kappa shape index (κ1) is 20.4. The number of rotatable bonds is 10. The normalized spacial score (nSPS) is 11.5. The minimum Gasteiger partial charge on any atom is -0.437 e. The van der Waals surface area contributed by atoms with E-state index in [1.54, 1.807) is 12.4 Å². The summed E-state index contributed by atoms with van der Waals surface area (Å²) in [7, 11) is 0. The highest BCUT2D eigenvalue weighted by Crippen LogP contribution is 2.27. The molecular formula is C23H34N2O. The molecule has 0 unspecified atom stereocenters. The minimum atomic E-state index is 0.146. The zero-order chi connectivity index (χ0) is 18.8. The van der Waals surface area contributed by atoms with Gasteiger partial charge in [0.1, 0.15) is 11.4 Å². The van der Waals surface area contributed by atoms with E-state index >= 15 is 0 Å². The summed E-state index contributed by atoms with van der Waals surface area (Å²) in [5, 5.41) is 0. The fraction of sp³-hybridized carbons (Fsp3) is 0.565. The van der Waals surface area contributed by atoms with Crippen molar-refractivity contribution in [2.45, 2.75) is 84.5 Å². The van der Waals surface area contributed by atoms with Gasteiger partial charge >= 0.3 is 0 Å². The summed E-state index contributed by atoms with van der Waals surface area (Å²) in [6.07, 6.45) is 13.5. The molecule has 3 nitrogen and oxygen atoms in total. The van der Waals surface area contributed by atoms with Gasteiger partial charge in [-0.05, 0) is 36.0 Å². The molecule has 0 aliphatic heterocycles. The lowest BCUT2D eigenvalue weighted by molar-refractivity contribution is 0.448. The molecule has 0 saturated carbocycles. The summed E-state index contributed by atoms with van der Waals surface area (Å²) in [5.74, 6) is 1.46. The molecule has 1 aromatic carbocycles. The summed E-state index contributed by atoms with van der Waals surface area (Å²) in [6.45, 7) is 8.90. The van der Waals surface area contributed by atoms with Crippen LogP contribution in [0, 0.1) is 0 Å². The Morgan fingerprint density at radius 3 is 2.08 bits per heavy atom. The number of hydrogen-bond donors (Lipinski definition) is 0. The van der Waals surface area contributed by atoms with E-state index in [2.05, 4.69) is 49.8 Å². The lowest BCUT2D eigenvalue weighted by Gasteiger charge is -2.19. The van der Waals surface area contributed by atoms with Crippen LogP contribution in [0.25, 0.3) is 0 Å². The molecule has 2 rings (SSSR count). The van der Waals surface area contributed by atoms with Crippen LogP contribution < -0.4 is 4.74 Å². The Kier molecular flexibility index (Phi) is 8.08. The van der Waals surface area contributed by atoms with E-state index in [0.29, 0.717) is 5.88 Å². The van der Waals surface area contributed by atoms with Crippen LogP contribution in [0.1, 0.15) is 83.9 Å². The molecule has 0 saturated heterocycles. The largest absolute Gasteiger partial charge is 0.437 e. The fourth-order valence-corrected chi connectivity index (χ4v) is 2.99. The van der Waals surface area contributed by atoms with Gasteiger partial charge in [-0.1, -0.05) is 78.4 Å². The monoisotopic (exact) mass is 354 g/mol. The smallest absolute Gasteiger partial charge is 0.241 e. The van der Waals surface area contributed by atoms with Gasteiger partial charge in [-0.2, -0.15) is 0 Å². The highest BCUT2D eigenvalue weighted by Gasteiger charge is 2.14. The molecule has 26 heavy (non-hydrogen) atoms. The molecule has 1 heterocycles. The maximum Gasteiger partial charge on any atom is 0.241 e. The van der Waals surface area contributed by atoms with E-state index in [-0.39, 0.29) is 5.41 Å². The van der Waals surface area contributed by atoms with E-state index in [1.807, 2.05) is 12.1 Å². The molecule has 0 radical (unpaired) electrons. The molecule has 0 atom stereocenters. The van der Waals surface area contributed by atoms with Gasteiger partial charge < -0.3 is 4.74 Å². The molecule has 142 valence electrons. The SMILES string of the molecule is CCCCCCCCCc1nccnc1Oc1ccc(C(C)(C)C)cc1. The number of benzene rings is 1. The van der Waals surface area contributed by atoms with E-state index < -0.39 is 0 Å². The Morgan fingerprint density at radius 2 is 1.42 bits per heavy atom. The second kappa shape index (κ2) is 10.3. The van der Waals surface area contributed by atoms with Crippen molar-refractivity contribution in [2.24, 2.45) is 0 Å². The lowest BCUT2D eigenvalue weighted by Crippen LogP contribution is -2.10. The van der Waals surface area contributed by atoms with Gasteiger partial charge in [0.15, 0.2) is 0 Å². The van der Waals surface area contributed by atoms with Crippen LogP contribution >= 0.6 is 0 Å². The average Bonchev–Trinajstić information content (AvgIpc) is 2.62. The summed E-state index contributed by atoms with van der Waals surface area (Å²) in [4.78, 5) is 8.89. The number of unbranched alkanes of at least 4 members (excludes halogenated alkanes) is 6. The minimum absolute atomic E-state index is 0.146. The van der Waals surface area contributed by atoms with Crippen molar-refractivity contribution >= 4 is 0 Å². The second-order valence-electron chi connectivity index (χ2n) is 8.06. The van der Waals surface area contributed by atoms with Crippen molar-refractivity contribution in [3.8, 4) is 11.6 Å². The summed E-state index contributed by atoms with van der Waals surface area (Å²) in [5.41, 5.74) is 2.40. The van der Waals surface area contributed by atoms with Crippen LogP contribution in [-0.2, 0) is 11.8 Å². The third-order valence-electron chi connectivity index (χ3n) is 4.69. The Balaban J connectivity index is 1.88. The summed E-state index contributed by atoms with van der Waals surface area (Å²) < 4.78 is 6.01. The molecule has 0 amide bonds. The number of nitrogens with zero attached hydrogens (tertiary/aromatic N) is 2. The number of aromatic nitrogens is 2. The van der Waals surface area contributed by atoms with E-state index in [4.69, 9.17) is 4.74 Å². The van der Waals surface area contributed by atoms with Crippen LogP contribution in [-0.4, -0.2) is 9.97 Å². The molecular weight excluding hydrogens is 320 g/mol. The van der Waals surface area contributed by atoms with Crippen LogP contribution in [0.2, 0.25) is 0 Å². The van der Waals surface area contributed by atoms with E-state index in [9.17, 15) is 0 Å². The van der Waals surface area contributed by atoms with Crippen LogP contribution in [0.5, 0.6) is 11.6 Å². The third-order valence-corrected chi connectivity index (χ3v) is 4.69. The Bertz CT molecular complexity index is 644. The van der Waals surface area contributed by atoms with Crippen LogP contribution in [0.15, 0.2) is 36.7 Å². The highest BCUT2D eigenvalue weighted by molar-refractivity contribution is 5.34. The Morgan fingerprint density at radius 1 is 0.808 bits per heavy atom. The molecule has 0 aliphatic carbocycles. The van der Waals surface area contributed by atoms with Gasteiger partial charge in [0, 0.05) is 12.4 Å². The number of aryl methyl sites for hydroxylation is 1. The molecule has 0 N–H and O–H groups in total. The van der Waals surface area contributed by atoms with Crippen molar-refractivity contribution in [1.82, 2.24) is 9.97 Å². The molecule has 0 aliphatic rings. The predicted molar refractivity (Wildman–Crippen MR) is 109 cm³/mol. The van der Waals surface area contributed by atoms with Crippen molar-refractivity contribution < 1.29 is 4.74 Å². The zero-order valence-electron chi connectivity index (χ0n) is 16.9. The molecule has 0 bridgehead atoms. The molecule has 1 aromatic heterocycles. The summed E-state index contributed by atoms with van der Waals surface area (Å²) in [6, 6.07) is 8.29. The van der Waals surface area contributed by atoms with Crippen LogP contribution in [0.4, 0.5) is 0 Å². The number of ether oxygens (including phenoxy) is 1. The van der Waals surface area contributed by atoms with Gasteiger partial charge in [0.2, 0.25) is 5.88 Å². The van der Waals surface area contributed by atoms with Gasteiger partial charge in [0.05, 0.1) is 0 Å². The Hall–Kier alpha value is -1.90. The maximum absolute atomic E-state index is 6.01. The second-order valence-corrected chi connectivity index (χ2v) is 8.06. The molecule has 2 aromatic rings. The van der Waals surface area contributed by atoms with Crippen molar-refractivity contribution in [2.75, 3.05) is 0 Å². The highest BCUT2D eigenvalue weighted by atomic mass is 16.5. The first-order chi connectivity index (χ1) is 12.5. The van der Waals surface area contributed by atoms with Crippen LogP contribution in [0.3, 0.4) is 0 Å². The lowest BCUT2D eigenvalue weighted by atomic mass is 9.87. The summed E-state index contributed by atoms with van der Waals surface area (Å²) >= 11 is 0. The van der Waals surface area contributed by atoms with Crippen molar-refractivity contribution in [3.05, 3.63) is 47.9 Å². The first-order valence-electron chi connectivity index (χ1n) is 10.1. The van der Waals surface area contributed by atoms with E-state index in [0.717, 1.165) is 24.3 Å². The van der Waals surface area contributed by atoms with Crippen molar-refractivity contribution in [1.29, 1.82) is 0 Å². The molecule has 0 spiro atoms. The molecule has 3 heteroatoms. The standard InChI is InChI=1S/C23H34N2O/c1-5-6-7-8-9-10-11-12-21-22(25-18-17-24-21)26-20-15-13-19(14-16-20)23(2,3)4/h13-18H,5-12H2,1-4H3. The van der Waals surface area contributed by atoms with Gasteiger partial charge in [0.25, 0.3) is 0 Å². The fourth-order valence-electron chi connectivity index (χ4n) is 2.99. The first-order valence-corrected chi connectivity index (χ1v) is 10.1. The quantitative estimate of drug-likeness (QED) is 0.437. The Labute approximate surface area is 159 Å². The van der Waals surface area contributed by atoms with Gasteiger partial charge in [-0.15, -0.1) is 0 Å².